The minimum atomic E-state index is -0.423. The summed E-state index contributed by atoms with van der Waals surface area (Å²) >= 11 is 0. The van der Waals surface area contributed by atoms with Crippen molar-refractivity contribution in [1.82, 2.24) is 35.2 Å². The van der Waals surface area contributed by atoms with E-state index in [4.69, 9.17) is 29.9 Å². The van der Waals surface area contributed by atoms with Gasteiger partial charge in [-0.15, -0.1) is 0 Å². The number of hydrogen-bond donors (Lipinski definition) is 1. The maximum absolute atomic E-state index is 5.34. The molecule has 0 aromatic carbocycles. The molecule has 1 N–H and O–H groups in total. The van der Waals surface area contributed by atoms with E-state index in [-0.39, 0.29) is 53.1 Å². The molecule has 0 unspecified atom stereocenters. The Morgan fingerprint density at radius 2 is 0.481 bits per heavy atom. The van der Waals surface area contributed by atoms with E-state index in [0.717, 1.165) is 117 Å². The first-order valence-electron chi connectivity index (χ1n) is 42.6. The molecule has 0 spiro atoms. The summed E-state index contributed by atoms with van der Waals surface area (Å²) in [6.07, 6.45) is 65.9. The van der Waals surface area contributed by atoms with Crippen molar-refractivity contribution in [2.45, 2.75) is 367 Å². The summed E-state index contributed by atoms with van der Waals surface area (Å²) in [5.74, 6) is 0. The van der Waals surface area contributed by atoms with Gasteiger partial charge in [-0.2, -0.15) is 0 Å². The summed E-state index contributed by atoms with van der Waals surface area (Å²) < 4.78 is 0. The summed E-state index contributed by atoms with van der Waals surface area (Å²) in [7, 11) is -0.740. The van der Waals surface area contributed by atoms with Crippen LogP contribution in [0.15, 0.2) is 109 Å². The molecule has 0 aliphatic heterocycles. The third-order valence-electron chi connectivity index (χ3n) is 25.0. The van der Waals surface area contributed by atoms with Crippen molar-refractivity contribution < 1.29 is 20.4 Å². The molecule has 6 aromatic rings. The summed E-state index contributed by atoms with van der Waals surface area (Å²) in [4.78, 5) is 30.5. The van der Waals surface area contributed by atoms with E-state index < -0.39 is 15.8 Å². The molecular formula is C90H137B2N7P4Pd+2. The Kier molecular flexibility index (Phi) is 40.9. The van der Waals surface area contributed by atoms with Gasteiger partial charge in [-0.1, -0.05) is 183 Å². The van der Waals surface area contributed by atoms with Gasteiger partial charge < -0.3 is 5.32 Å². The van der Waals surface area contributed by atoms with Crippen LogP contribution in [-0.2, 0) is 57.9 Å². The zero-order valence-corrected chi connectivity index (χ0v) is 70.8. The quantitative estimate of drug-likeness (QED) is 0.0505. The van der Waals surface area contributed by atoms with Crippen LogP contribution < -0.4 is 5.32 Å². The first-order chi connectivity index (χ1) is 49.9. The van der Waals surface area contributed by atoms with Crippen LogP contribution in [0.5, 0.6) is 0 Å². The van der Waals surface area contributed by atoms with Gasteiger partial charge in [-0.3, -0.25) is 19.9 Å². The predicted molar refractivity (Wildman–Crippen MR) is 457 cm³/mol. The third-order valence-corrected chi connectivity index (χ3v) is 40.2. The van der Waals surface area contributed by atoms with Crippen LogP contribution >= 0.6 is 31.7 Å². The summed E-state index contributed by atoms with van der Waals surface area (Å²) in [5.41, 5.74) is 22.1. The fourth-order valence-electron chi connectivity index (χ4n) is 19.4. The molecule has 566 valence electrons. The molecule has 7 nitrogen and oxygen atoms in total. The van der Waals surface area contributed by atoms with E-state index in [1.54, 1.807) is 0 Å². The minimum Gasteiger partial charge on any atom is -0.317 e. The summed E-state index contributed by atoms with van der Waals surface area (Å²) in [5, 5.41) is 3.11. The number of rotatable bonds is 23. The molecule has 104 heavy (non-hydrogen) atoms. The maximum Gasteiger partial charge on any atom is 0.0995 e. The van der Waals surface area contributed by atoms with Crippen molar-refractivity contribution in [3.63, 3.8) is 0 Å². The standard InChI is InChI=1S/C36H54N2P2.2C25H35N2P.C4H11N.2B.Pd/c1-5-17-31(18-6-1)39(32-19-7-2-8-20-32)27-29-15-13-25-35(37-29)36-26-14-16-30(38-36)28-40(33-21-9-3-10-22-33)34-23-11-4-12-24-34;2*1-2-20-11-9-17-24(26-20)25-18-10-12-21(27-25)19-28(22-13-5-3-6-14-22)23-15-7-4-8-16-23;1-3-5-4-2;;;/h13-16,25-26,31-34H,1-12,17-24,27-28H2;2*9-12,17-18,22-23H,2-8,13-16,19H2,1H3;5H,3-4H2,1-2H3;;;/p+2. The molecule has 0 atom stereocenters. The molecule has 6 heterocycles. The van der Waals surface area contributed by atoms with Gasteiger partial charge in [-0.05, 0) is 275 Å². The van der Waals surface area contributed by atoms with Crippen LogP contribution in [0.4, 0.5) is 0 Å². The first-order valence-corrected chi connectivity index (χ1v) is 49.7. The van der Waals surface area contributed by atoms with Crippen LogP contribution in [-0.4, -0.2) is 105 Å². The Bertz CT molecular complexity index is 2990. The zero-order chi connectivity index (χ0) is 69.5. The number of aryl methyl sites for hydroxylation is 2. The average molecular weight is 1570 g/mol. The topological polar surface area (TPSA) is 89.4 Å². The fraction of sp³-hybridized carbons (Fsp3) is 0.667. The van der Waals surface area contributed by atoms with Crippen LogP contribution in [0.3, 0.4) is 0 Å². The van der Waals surface area contributed by atoms with Gasteiger partial charge >= 0.3 is 0 Å². The minimum absolute atomic E-state index is 0. The van der Waals surface area contributed by atoms with E-state index in [0.29, 0.717) is 0 Å². The van der Waals surface area contributed by atoms with Gasteiger partial charge in [-0.25, -0.2) is 9.97 Å². The fourth-order valence-corrected chi connectivity index (χ4v) is 35.2. The Morgan fingerprint density at radius 3 is 0.702 bits per heavy atom. The number of hydrogen-bond acceptors (Lipinski definition) is 7. The van der Waals surface area contributed by atoms with Crippen molar-refractivity contribution in [3.8, 4) is 34.2 Å². The van der Waals surface area contributed by atoms with Gasteiger partial charge in [0.2, 0.25) is 0 Å². The predicted octanol–water partition coefficient (Wildman–Crippen LogP) is 25.5. The first kappa shape index (κ1) is 87.0. The Balaban J connectivity index is 0.000000192. The largest absolute Gasteiger partial charge is 0.317 e. The number of pyridine rings is 6. The molecule has 8 aliphatic carbocycles. The van der Waals surface area contributed by atoms with Crippen molar-refractivity contribution in [3.05, 3.63) is 143 Å². The van der Waals surface area contributed by atoms with Gasteiger partial charge in [0.15, 0.2) is 0 Å². The SMILES string of the molecule is CCNCC.CCc1cccc(-c2cccc(CP(C3CCCCC3)C3CCCCC3)n2)n1.CCc1cccc(-c2cccc(CP(C3CCCCC3)C3CCCCC3)n2)n1.[B].[B].[Pd].c1cc(C[PH+](C2CCCCC2)C2CCCCC2)nc(-c2cccc(C[PH+](C3CCCCC3)C3CCCCC3)n2)c1. The van der Waals surface area contributed by atoms with Crippen molar-refractivity contribution in [1.29, 1.82) is 0 Å². The van der Waals surface area contributed by atoms with Crippen molar-refractivity contribution >= 4 is 48.5 Å². The number of nitrogens with one attached hydrogen (secondary N) is 1. The second kappa shape index (κ2) is 48.9. The third kappa shape index (κ3) is 27.4. The van der Waals surface area contributed by atoms with E-state index >= 15 is 0 Å². The summed E-state index contributed by atoms with van der Waals surface area (Å²) in [6, 6.07) is 39.6. The second-order valence-corrected chi connectivity index (χ2v) is 44.0. The molecule has 14 rings (SSSR count). The van der Waals surface area contributed by atoms with E-state index in [1.165, 1.54) is 304 Å². The molecule has 0 bridgehead atoms. The van der Waals surface area contributed by atoms with Crippen molar-refractivity contribution in [2.75, 3.05) is 13.1 Å². The molecule has 6 aromatic heterocycles. The van der Waals surface area contributed by atoms with Gasteiger partial charge in [0.1, 0.15) is 0 Å². The monoisotopic (exact) mass is 1570 g/mol. The van der Waals surface area contributed by atoms with Crippen LogP contribution in [0, 0.1) is 0 Å². The Labute approximate surface area is 657 Å². The molecule has 8 aliphatic rings. The number of nitrogens with zero attached hydrogens (tertiary/aromatic N) is 6. The summed E-state index contributed by atoms with van der Waals surface area (Å²) in [6.45, 7) is 10.7. The normalized spacial score (nSPS) is 19.5. The molecular weight excluding hydrogens is 1430 g/mol. The molecule has 8 fully saturated rings. The zero-order valence-electron chi connectivity index (χ0n) is 65.5. The van der Waals surface area contributed by atoms with Gasteiger partial charge in [0.25, 0.3) is 0 Å². The van der Waals surface area contributed by atoms with Gasteiger partial charge in [0, 0.05) is 88.2 Å². The molecule has 14 heteroatoms. The molecule has 6 radical (unpaired) electrons. The molecule has 0 amide bonds. The average Bonchev–Trinajstić information content (AvgIpc) is 0.834. The van der Waals surface area contributed by atoms with Crippen molar-refractivity contribution in [2.24, 2.45) is 0 Å². The maximum atomic E-state index is 5.34. The van der Waals surface area contributed by atoms with Crippen LogP contribution in [0.2, 0.25) is 0 Å². The molecule has 8 saturated carbocycles. The van der Waals surface area contributed by atoms with Crippen LogP contribution in [0.25, 0.3) is 34.2 Å². The smallest absolute Gasteiger partial charge is 0.0995 e. The Hall–Kier alpha value is -2.63. The Morgan fingerprint density at radius 1 is 0.279 bits per heavy atom. The second-order valence-electron chi connectivity index (χ2n) is 32.1. The van der Waals surface area contributed by atoms with E-state index in [1.807, 2.05) is 0 Å². The van der Waals surface area contributed by atoms with Crippen LogP contribution in [0.1, 0.15) is 319 Å². The van der Waals surface area contributed by atoms with E-state index in [9.17, 15) is 0 Å². The van der Waals surface area contributed by atoms with Gasteiger partial charge in [0.05, 0.1) is 80.5 Å². The number of aromatic nitrogens is 6. The molecule has 0 saturated heterocycles. The van der Waals surface area contributed by atoms with E-state index in [2.05, 4.69) is 142 Å².